The van der Waals surface area contributed by atoms with Crippen LogP contribution in [0.25, 0.3) is 140 Å². The molecule has 0 saturated heterocycles. The summed E-state index contributed by atoms with van der Waals surface area (Å²) in [7, 11) is -5.41. The lowest BCUT2D eigenvalue weighted by atomic mass is 9.67. The Kier molecular flexibility index (Phi) is 17.5. The molecular formula is C142H84O3S3. The second kappa shape index (κ2) is 30.8. The summed E-state index contributed by atoms with van der Waals surface area (Å²) >= 11 is 0. The summed E-state index contributed by atoms with van der Waals surface area (Å²) in [5.74, 6) is 1.98. The molecule has 0 aliphatic heterocycles. The fourth-order valence-corrected chi connectivity index (χ4v) is 33.0. The molecule has 0 N–H and O–H groups in total. The van der Waals surface area contributed by atoms with Gasteiger partial charge in [0.05, 0.1) is 54.1 Å². The fourth-order valence-electron chi connectivity index (χ4n) is 29.6. The molecule has 0 amide bonds. The maximum absolute atomic E-state index is 17.5. The maximum Gasteiger partial charge on any atom is 0.0849 e. The number of fused-ring (bicyclic) bond motifs is 49. The Morgan fingerprint density at radius 3 is 0.743 bits per heavy atom. The Morgan fingerprint density at radius 2 is 0.426 bits per heavy atom. The van der Waals surface area contributed by atoms with Crippen LogP contribution in [0.15, 0.2) is 509 Å². The summed E-state index contributed by atoms with van der Waals surface area (Å²) in [6.07, 6.45) is 8.79. The molecule has 22 aromatic carbocycles. The number of terminal acetylenes is 1. The van der Waals surface area contributed by atoms with Gasteiger partial charge in [-0.05, 0) is 340 Å². The third-order valence-corrected chi connectivity index (χ3v) is 39.0. The molecule has 0 saturated carbocycles. The van der Waals surface area contributed by atoms with Gasteiger partial charge >= 0.3 is 0 Å². The summed E-state index contributed by atoms with van der Waals surface area (Å²) < 4.78 is 52.3. The van der Waals surface area contributed by atoms with Gasteiger partial charge in [0.25, 0.3) is 0 Å². The zero-order valence-electron chi connectivity index (χ0n) is 80.0. The SMILES string of the molecule is C#Cc1ccccc1-c1ccccc1[C@@H]1c2cc(S(=O)c3ccc4c(c3)C3(c5ccccc5-c5ccccc53)c3ccccc3-4)ccc2-c2c1c1c(c3c2C2(c4ccccc4-c4ccccc42)c2cc(S(=O)c4ccc5c(c4)C4(c6ccccc6-c6ccccc64)c4ccccc4-5)ccc2-3)[C@H](c2ccccc2-c2ccccc2C=C)c2cc(S(=O)c3ccc4c(c3)C3(c5ccccc5-c5ccccc53)c3ccccc3-4)ccc2-1. The van der Waals surface area contributed by atoms with E-state index in [1.54, 1.807) is 0 Å². The van der Waals surface area contributed by atoms with Crippen molar-refractivity contribution in [3.63, 3.8) is 0 Å². The van der Waals surface area contributed by atoms with Crippen LogP contribution in [-0.2, 0) is 54.1 Å². The van der Waals surface area contributed by atoms with Gasteiger partial charge in [0.15, 0.2) is 0 Å². The van der Waals surface area contributed by atoms with E-state index < -0.39 is 65.9 Å². The zero-order chi connectivity index (χ0) is 97.6. The summed E-state index contributed by atoms with van der Waals surface area (Å²) in [5, 5.41) is 0. The van der Waals surface area contributed by atoms with Crippen LogP contribution in [0.4, 0.5) is 0 Å². The molecule has 32 rings (SSSR count). The van der Waals surface area contributed by atoms with Crippen molar-refractivity contribution in [2.24, 2.45) is 0 Å². The van der Waals surface area contributed by atoms with E-state index in [0.29, 0.717) is 29.4 Å². The van der Waals surface area contributed by atoms with Gasteiger partial charge in [-0.15, -0.1) is 6.42 Å². The topological polar surface area (TPSA) is 51.2 Å². The number of rotatable bonds is 11. The van der Waals surface area contributed by atoms with Gasteiger partial charge in [0, 0.05) is 46.8 Å². The van der Waals surface area contributed by atoms with Gasteiger partial charge in [-0.2, -0.15) is 0 Å². The Bertz CT molecular complexity index is 9740. The smallest absolute Gasteiger partial charge is 0.0849 e. The van der Waals surface area contributed by atoms with Crippen molar-refractivity contribution < 1.29 is 12.6 Å². The Morgan fingerprint density at radius 1 is 0.203 bits per heavy atom. The largest absolute Gasteiger partial charge is 0.249 e. The number of hydrogen-bond acceptors (Lipinski definition) is 3. The predicted molar refractivity (Wildman–Crippen MR) is 600 cm³/mol. The third kappa shape index (κ3) is 10.5. The average Bonchev–Trinajstić information content (AvgIpc) is 1.46. The van der Waals surface area contributed by atoms with E-state index in [-0.39, 0.29) is 0 Å². The Hall–Kier alpha value is -17.4. The molecule has 3 unspecified atom stereocenters. The van der Waals surface area contributed by atoms with Crippen LogP contribution in [0.2, 0.25) is 0 Å². The number of benzene rings is 22. The third-order valence-electron chi connectivity index (χ3n) is 34.9. The van der Waals surface area contributed by atoms with Crippen molar-refractivity contribution in [3.05, 3.63) is 613 Å². The van der Waals surface area contributed by atoms with Crippen LogP contribution in [0.3, 0.4) is 0 Å². The molecule has 10 aliphatic rings. The quantitative estimate of drug-likeness (QED) is 0.121. The highest BCUT2D eigenvalue weighted by atomic mass is 32.2. The van der Waals surface area contributed by atoms with E-state index in [1.165, 1.54) is 100 Å². The van der Waals surface area contributed by atoms with Crippen molar-refractivity contribution in [2.45, 2.75) is 62.9 Å². The molecule has 0 radical (unpaired) electrons. The molecule has 0 aromatic heterocycles. The molecule has 688 valence electrons. The minimum absolute atomic E-state index is 0.588. The lowest BCUT2D eigenvalue weighted by Crippen LogP contribution is -2.27. The first-order chi connectivity index (χ1) is 73.1. The van der Waals surface area contributed by atoms with Gasteiger partial charge in [-0.1, -0.05) is 413 Å². The molecular weight excluding hydrogens is 1850 g/mol. The van der Waals surface area contributed by atoms with Crippen molar-refractivity contribution in [1.29, 1.82) is 0 Å². The first-order valence-electron chi connectivity index (χ1n) is 51.0. The summed E-state index contributed by atoms with van der Waals surface area (Å²) in [5.41, 5.74) is 50.0. The monoisotopic (exact) mass is 1930 g/mol. The minimum atomic E-state index is -1.80. The first-order valence-corrected chi connectivity index (χ1v) is 54.5. The highest BCUT2D eigenvalue weighted by Crippen LogP contribution is 2.75. The van der Waals surface area contributed by atoms with Crippen molar-refractivity contribution in [2.75, 3.05) is 0 Å². The maximum atomic E-state index is 17.5. The summed E-state index contributed by atoms with van der Waals surface area (Å²) in [6, 6.07) is 174. The van der Waals surface area contributed by atoms with Gasteiger partial charge in [0.1, 0.15) is 0 Å². The van der Waals surface area contributed by atoms with Crippen LogP contribution >= 0.6 is 0 Å². The highest BCUT2D eigenvalue weighted by Gasteiger charge is 2.61. The van der Waals surface area contributed by atoms with E-state index in [1.807, 2.05) is 12.1 Å². The van der Waals surface area contributed by atoms with Gasteiger partial charge in [-0.3, -0.25) is 0 Å². The second-order valence-corrected chi connectivity index (χ2v) is 45.4. The second-order valence-electron chi connectivity index (χ2n) is 41.0. The molecule has 5 atom stereocenters. The van der Waals surface area contributed by atoms with Gasteiger partial charge < -0.3 is 0 Å². The normalized spacial score (nSPS) is 16.1. The predicted octanol–water partition coefficient (Wildman–Crippen LogP) is 32.8. The zero-order valence-corrected chi connectivity index (χ0v) is 82.4. The molecule has 22 aromatic rings. The molecule has 4 spiro atoms. The minimum Gasteiger partial charge on any atom is -0.249 e. The Balaban J connectivity index is 0.679. The van der Waals surface area contributed by atoms with Crippen LogP contribution < -0.4 is 0 Å². The lowest BCUT2D eigenvalue weighted by molar-refractivity contribution is 0.681. The molecule has 10 aliphatic carbocycles. The average molecular weight is 1930 g/mol. The van der Waals surface area contributed by atoms with Crippen molar-refractivity contribution in [1.82, 2.24) is 0 Å². The summed E-state index contributed by atoms with van der Waals surface area (Å²) in [4.78, 5) is 4.12. The van der Waals surface area contributed by atoms with Crippen LogP contribution in [0, 0.1) is 12.3 Å². The van der Waals surface area contributed by atoms with E-state index >= 15 is 12.6 Å². The molecule has 0 heterocycles. The van der Waals surface area contributed by atoms with Gasteiger partial charge in [0.2, 0.25) is 0 Å². The van der Waals surface area contributed by atoms with Crippen LogP contribution in [0.5, 0.6) is 0 Å². The summed E-state index contributed by atoms with van der Waals surface area (Å²) in [6.45, 7) is 4.54. The van der Waals surface area contributed by atoms with Crippen LogP contribution in [-0.4, -0.2) is 12.6 Å². The Labute approximate surface area is 866 Å². The molecule has 3 nitrogen and oxygen atoms in total. The van der Waals surface area contributed by atoms with Crippen molar-refractivity contribution >= 4 is 38.5 Å². The van der Waals surface area contributed by atoms with E-state index in [0.717, 1.165) is 167 Å². The standard InChI is InChI=1S/C142H84O3S3/c1-3-83-35-5-7-37-91(83)93-39-9-11-52-109(93)131-114-77-85(146(143)87-65-71-106-103-49-19-30-60-122(103)139(127(106)79-87)116-54-24-13-41-95(116)96-42-14-25-55-117(96)139)68-74-111(114)133-136-132(110-53-12-10-40-94(110)92-38-8-6-36-84(92)4-2)115-78-86(147(144)88-66-72-107-104-50-20-31-61-123(104)140(128(107)80-88)118-56-26-15-43-97(118)98-44-16-27-57-119(98)140)69-75-112(115)134(136)138-135(137(131)133)113-76-70-90(82-130(113)142(138)125-63-33-22-47-101(125)102-48-23-34-64-126(102)142)148(145)89-67-73-108-105-51-21-32-62-124(105)141(129(108)81-89)120-58-28-17-45-99(120)100-46-18-29-59-121(100)141/h2-3,5-82,131-132H,1H2/t131-,132-,146?,147?,148?/m1/s1. The van der Waals surface area contributed by atoms with E-state index in [2.05, 4.69) is 480 Å². The van der Waals surface area contributed by atoms with E-state index in [9.17, 15) is 0 Å². The molecule has 6 heteroatoms. The first kappa shape index (κ1) is 84.0. The molecule has 0 fully saturated rings. The molecule has 148 heavy (non-hydrogen) atoms. The van der Waals surface area contributed by atoms with Crippen LogP contribution in [0.1, 0.15) is 145 Å². The molecule has 0 bridgehead atoms. The highest BCUT2D eigenvalue weighted by molar-refractivity contribution is 7.85. The van der Waals surface area contributed by atoms with Gasteiger partial charge in [-0.25, -0.2) is 12.6 Å². The van der Waals surface area contributed by atoms with E-state index in [4.69, 9.17) is 6.42 Å². The fraction of sp³-hybridized carbons (Fsp3) is 0.0423. The number of hydrogen-bond donors (Lipinski definition) is 0. The van der Waals surface area contributed by atoms with Crippen molar-refractivity contribution in [3.8, 4) is 146 Å². The lowest BCUT2D eigenvalue weighted by Gasteiger charge is -2.34.